The number of pyridine rings is 1. The van der Waals surface area contributed by atoms with Crippen LogP contribution in [-0.2, 0) is 19.9 Å². The molecular formula is C26H36N4O4. The summed E-state index contributed by atoms with van der Waals surface area (Å²) in [5, 5.41) is 3.05. The highest BCUT2D eigenvalue weighted by Gasteiger charge is 2.69. The van der Waals surface area contributed by atoms with Crippen LogP contribution in [0.4, 0.5) is 4.79 Å². The van der Waals surface area contributed by atoms with Crippen molar-refractivity contribution in [1.82, 2.24) is 20.1 Å². The molecule has 1 saturated carbocycles. The second-order valence-electron chi connectivity index (χ2n) is 11.5. The van der Waals surface area contributed by atoms with Gasteiger partial charge in [-0.15, -0.1) is 0 Å². The molecule has 4 fully saturated rings. The first kappa shape index (κ1) is 23.3. The van der Waals surface area contributed by atoms with Crippen molar-refractivity contribution in [2.24, 2.45) is 22.7 Å². The largest absolute Gasteiger partial charge is 0.376 e. The lowest BCUT2D eigenvalue weighted by atomic mass is 9.75. The maximum Gasteiger partial charge on any atom is 0.325 e. The van der Waals surface area contributed by atoms with Gasteiger partial charge in [0.25, 0.3) is 5.91 Å². The van der Waals surface area contributed by atoms with E-state index < -0.39 is 5.54 Å². The van der Waals surface area contributed by atoms with E-state index in [1.54, 1.807) is 6.20 Å². The smallest absolute Gasteiger partial charge is 0.325 e. The molecular weight excluding hydrogens is 432 g/mol. The molecule has 3 aliphatic heterocycles. The van der Waals surface area contributed by atoms with Gasteiger partial charge in [0.1, 0.15) is 0 Å². The van der Waals surface area contributed by atoms with Gasteiger partial charge in [-0.1, -0.05) is 33.8 Å². The van der Waals surface area contributed by atoms with Gasteiger partial charge in [0.05, 0.1) is 18.3 Å². The SMILES string of the molecule is CC1(C)C(C(=O)N2CCC([C@@]3(c4ccccn4)NC(=O)N(C[C@H]4CCCO4)C3=O)CC2)C1(C)C. The monoisotopic (exact) mass is 468 g/mol. The van der Waals surface area contributed by atoms with E-state index in [9.17, 15) is 14.4 Å². The molecule has 0 bridgehead atoms. The standard InChI is InChI=1S/C26H36N4O4/c1-24(2)20(25(24,3)4)21(31)29-13-10-17(11-14-29)26(19-9-5-6-12-27-19)22(32)30(23(33)28-26)16-18-8-7-15-34-18/h5-6,9,12,17-18,20H,7-8,10-11,13-16H2,1-4H3,(H,28,33)/t18-,26+/m1/s1. The summed E-state index contributed by atoms with van der Waals surface area (Å²) in [6.45, 7) is 10.7. The second-order valence-corrected chi connectivity index (χ2v) is 11.5. The Hall–Kier alpha value is -2.48. The van der Waals surface area contributed by atoms with E-state index >= 15 is 0 Å². The average Bonchev–Trinajstić information content (AvgIpc) is 3.22. The van der Waals surface area contributed by atoms with Crippen LogP contribution in [-0.4, -0.2) is 65.0 Å². The van der Waals surface area contributed by atoms with Gasteiger partial charge in [-0.25, -0.2) is 4.79 Å². The molecule has 0 unspecified atom stereocenters. The van der Waals surface area contributed by atoms with Gasteiger partial charge in [0.15, 0.2) is 5.54 Å². The summed E-state index contributed by atoms with van der Waals surface area (Å²) in [5.74, 6) is -0.156. The van der Waals surface area contributed by atoms with Crippen LogP contribution in [0, 0.1) is 22.7 Å². The van der Waals surface area contributed by atoms with Crippen molar-refractivity contribution in [3.8, 4) is 0 Å². The normalized spacial score (nSPS) is 31.1. The fourth-order valence-corrected chi connectivity index (χ4v) is 6.54. The summed E-state index contributed by atoms with van der Waals surface area (Å²) >= 11 is 0. The van der Waals surface area contributed by atoms with Crippen LogP contribution < -0.4 is 5.32 Å². The predicted octanol–water partition coefficient (Wildman–Crippen LogP) is 2.93. The van der Waals surface area contributed by atoms with Gasteiger partial charge in [0.2, 0.25) is 5.91 Å². The molecule has 1 aromatic rings. The van der Waals surface area contributed by atoms with Gasteiger partial charge in [0, 0.05) is 37.7 Å². The molecule has 4 amide bonds. The van der Waals surface area contributed by atoms with Crippen molar-refractivity contribution in [2.75, 3.05) is 26.2 Å². The van der Waals surface area contributed by atoms with E-state index in [1.807, 2.05) is 23.1 Å². The molecule has 0 aromatic carbocycles. The molecule has 34 heavy (non-hydrogen) atoms. The number of hydrogen-bond donors (Lipinski definition) is 1. The Morgan fingerprint density at radius 1 is 1.12 bits per heavy atom. The Labute approximate surface area is 201 Å². The van der Waals surface area contributed by atoms with Crippen molar-refractivity contribution >= 4 is 17.8 Å². The third-order valence-corrected chi connectivity index (χ3v) is 9.30. The predicted molar refractivity (Wildman–Crippen MR) is 125 cm³/mol. The molecule has 1 N–H and O–H groups in total. The van der Waals surface area contributed by atoms with Crippen LogP contribution in [0.1, 0.15) is 59.1 Å². The van der Waals surface area contributed by atoms with E-state index in [-0.39, 0.29) is 53.2 Å². The summed E-state index contributed by atoms with van der Waals surface area (Å²) in [6, 6.07) is 5.09. The summed E-state index contributed by atoms with van der Waals surface area (Å²) in [6.07, 6.45) is 4.61. The Morgan fingerprint density at radius 3 is 2.38 bits per heavy atom. The van der Waals surface area contributed by atoms with Gasteiger partial charge in [-0.05, 0) is 48.6 Å². The Kier molecular flexibility index (Phi) is 5.50. The van der Waals surface area contributed by atoms with Crippen LogP contribution in [0.2, 0.25) is 0 Å². The number of imide groups is 1. The van der Waals surface area contributed by atoms with Crippen molar-refractivity contribution in [2.45, 2.75) is 65.0 Å². The number of rotatable bonds is 5. The number of nitrogens with one attached hydrogen (secondary N) is 1. The number of amides is 4. The minimum absolute atomic E-state index is 0.00564. The minimum atomic E-state index is -1.20. The van der Waals surface area contributed by atoms with Crippen molar-refractivity contribution in [3.05, 3.63) is 30.1 Å². The van der Waals surface area contributed by atoms with Crippen LogP contribution >= 0.6 is 0 Å². The number of aromatic nitrogens is 1. The van der Waals surface area contributed by atoms with Gasteiger partial charge < -0.3 is 15.0 Å². The first-order valence-corrected chi connectivity index (χ1v) is 12.6. The summed E-state index contributed by atoms with van der Waals surface area (Å²) < 4.78 is 5.70. The molecule has 4 aliphatic rings. The first-order valence-electron chi connectivity index (χ1n) is 12.6. The lowest BCUT2D eigenvalue weighted by Gasteiger charge is -2.40. The molecule has 2 atom stereocenters. The lowest BCUT2D eigenvalue weighted by molar-refractivity contribution is -0.138. The fraction of sp³-hybridized carbons (Fsp3) is 0.692. The Balaban J connectivity index is 1.37. The fourth-order valence-electron chi connectivity index (χ4n) is 6.54. The molecule has 8 heteroatoms. The number of carbonyl (C=O) groups excluding carboxylic acids is 3. The number of likely N-dealkylation sites (tertiary alicyclic amines) is 1. The third-order valence-electron chi connectivity index (χ3n) is 9.30. The van der Waals surface area contributed by atoms with Gasteiger partial charge >= 0.3 is 6.03 Å². The van der Waals surface area contributed by atoms with Crippen LogP contribution in [0.25, 0.3) is 0 Å². The van der Waals surface area contributed by atoms with E-state index in [0.29, 0.717) is 38.2 Å². The summed E-state index contributed by atoms with van der Waals surface area (Å²) in [5.41, 5.74) is -0.648. The zero-order chi connectivity index (χ0) is 24.3. The van der Waals surface area contributed by atoms with Gasteiger partial charge in [-0.3, -0.25) is 19.5 Å². The summed E-state index contributed by atoms with van der Waals surface area (Å²) in [7, 11) is 0. The number of hydrogen-bond acceptors (Lipinski definition) is 5. The zero-order valence-corrected chi connectivity index (χ0v) is 20.7. The maximum atomic E-state index is 13.9. The highest BCUT2D eigenvalue weighted by molar-refractivity contribution is 6.07. The molecule has 0 radical (unpaired) electrons. The van der Waals surface area contributed by atoms with E-state index in [1.165, 1.54) is 4.90 Å². The van der Waals surface area contributed by atoms with Crippen LogP contribution in [0.3, 0.4) is 0 Å². The Bertz CT molecular complexity index is 966. The molecule has 0 spiro atoms. The highest BCUT2D eigenvalue weighted by atomic mass is 16.5. The Morgan fingerprint density at radius 2 is 1.82 bits per heavy atom. The van der Waals surface area contributed by atoms with Crippen molar-refractivity contribution < 1.29 is 19.1 Å². The number of piperidine rings is 1. The molecule has 3 saturated heterocycles. The third kappa shape index (κ3) is 3.36. The van der Waals surface area contributed by atoms with E-state index in [2.05, 4.69) is 38.0 Å². The first-order chi connectivity index (χ1) is 16.1. The molecule has 5 rings (SSSR count). The quantitative estimate of drug-likeness (QED) is 0.671. The number of ether oxygens (including phenoxy) is 1. The van der Waals surface area contributed by atoms with E-state index in [0.717, 1.165) is 12.8 Å². The molecule has 1 aromatic heterocycles. The number of urea groups is 1. The molecule has 8 nitrogen and oxygen atoms in total. The van der Waals surface area contributed by atoms with Crippen molar-refractivity contribution in [3.63, 3.8) is 0 Å². The lowest BCUT2D eigenvalue weighted by Crippen LogP contribution is -2.55. The average molecular weight is 469 g/mol. The minimum Gasteiger partial charge on any atom is -0.376 e. The topological polar surface area (TPSA) is 91.8 Å². The zero-order valence-electron chi connectivity index (χ0n) is 20.7. The van der Waals surface area contributed by atoms with Crippen LogP contribution in [0.15, 0.2) is 24.4 Å². The molecule has 184 valence electrons. The van der Waals surface area contributed by atoms with Gasteiger partial charge in [-0.2, -0.15) is 0 Å². The van der Waals surface area contributed by atoms with Crippen LogP contribution in [0.5, 0.6) is 0 Å². The number of carbonyl (C=O) groups is 3. The second kappa shape index (κ2) is 8.04. The molecule has 1 aliphatic carbocycles. The highest BCUT2D eigenvalue weighted by Crippen LogP contribution is 2.68. The summed E-state index contributed by atoms with van der Waals surface area (Å²) in [4.78, 5) is 48.0. The maximum absolute atomic E-state index is 13.9. The van der Waals surface area contributed by atoms with E-state index in [4.69, 9.17) is 4.74 Å². The van der Waals surface area contributed by atoms with Crippen molar-refractivity contribution in [1.29, 1.82) is 0 Å². The molecule has 4 heterocycles. The number of nitrogens with zero attached hydrogens (tertiary/aromatic N) is 3.